The predicted octanol–water partition coefficient (Wildman–Crippen LogP) is 3.67. The SMILES string of the molecule is O=C(Nc1cnn(Cc2ccc(F)cc2)c1)[C@H]1Cc2cc(Cl)ccc2O1. The third-order valence-corrected chi connectivity index (χ3v) is 4.38. The summed E-state index contributed by atoms with van der Waals surface area (Å²) in [5.41, 5.74) is 2.41. The first kappa shape index (κ1) is 16.6. The van der Waals surface area contributed by atoms with E-state index in [0.717, 1.165) is 11.1 Å². The third-order valence-electron chi connectivity index (χ3n) is 4.15. The van der Waals surface area contributed by atoms with Crippen LogP contribution in [0.1, 0.15) is 11.1 Å². The average Bonchev–Trinajstić information content (AvgIpc) is 3.23. The number of benzene rings is 2. The minimum atomic E-state index is -0.594. The van der Waals surface area contributed by atoms with E-state index in [1.54, 1.807) is 41.3 Å². The molecule has 1 aliphatic heterocycles. The number of nitrogens with zero attached hydrogens (tertiary/aromatic N) is 2. The fraction of sp³-hybridized carbons (Fsp3) is 0.158. The van der Waals surface area contributed by atoms with E-state index in [-0.39, 0.29) is 11.7 Å². The number of ether oxygens (including phenoxy) is 1. The molecule has 2 heterocycles. The summed E-state index contributed by atoms with van der Waals surface area (Å²) in [5, 5.41) is 7.64. The van der Waals surface area contributed by atoms with Crippen LogP contribution in [-0.4, -0.2) is 21.8 Å². The molecule has 4 rings (SSSR count). The molecule has 0 saturated heterocycles. The zero-order valence-corrected chi connectivity index (χ0v) is 14.4. The molecule has 1 N–H and O–H groups in total. The molecule has 2 aromatic carbocycles. The van der Waals surface area contributed by atoms with Crippen LogP contribution in [0.4, 0.5) is 10.1 Å². The monoisotopic (exact) mass is 371 g/mol. The van der Waals surface area contributed by atoms with Crippen molar-refractivity contribution in [3.05, 3.63) is 76.8 Å². The highest BCUT2D eigenvalue weighted by Crippen LogP contribution is 2.31. The van der Waals surface area contributed by atoms with E-state index in [1.165, 1.54) is 12.1 Å². The summed E-state index contributed by atoms with van der Waals surface area (Å²) in [6.45, 7) is 0.486. The van der Waals surface area contributed by atoms with Gasteiger partial charge in [-0.3, -0.25) is 9.48 Å². The van der Waals surface area contributed by atoms with Gasteiger partial charge in [0.05, 0.1) is 18.4 Å². The Kier molecular flexibility index (Phi) is 4.34. The largest absolute Gasteiger partial charge is 0.480 e. The summed E-state index contributed by atoms with van der Waals surface area (Å²) in [4.78, 5) is 12.4. The first-order chi connectivity index (χ1) is 12.6. The number of rotatable bonds is 4. The number of halogens is 2. The van der Waals surface area contributed by atoms with Crippen molar-refractivity contribution in [1.29, 1.82) is 0 Å². The van der Waals surface area contributed by atoms with Gasteiger partial charge in [0.2, 0.25) is 0 Å². The van der Waals surface area contributed by atoms with Crippen molar-refractivity contribution < 1.29 is 13.9 Å². The fourth-order valence-corrected chi connectivity index (χ4v) is 3.07. The van der Waals surface area contributed by atoms with Gasteiger partial charge in [0, 0.05) is 17.6 Å². The van der Waals surface area contributed by atoms with Crippen molar-refractivity contribution in [2.45, 2.75) is 19.1 Å². The quantitative estimate of drug-likeness (QED) is 0.761. The van der Waals surface area contributed by atoms with Crippen molar-refractivity contribution in [2.24, 2.45) is 0 Å². The molecule has 0 fully saturated rings. The van der Waals surface area contributed by atoms with Crippen LogP contribution >= 0.6 is 11.6 Å². The molecule has 132 valence electrons. The molecular formula is C19H15ClFN3O2. The Balaban J connectivity index is 1.38. The Labute approximate surface area is 154 Å². The number of fused-ring (bicyclic) bond motifs is 1. The number of hydrogen-bond acceptors (Lipinski definition) is 3. The number of carbonyl (C=O) groups is 1. The summed E-state index contributed by atoms with van der Waals surface area (Å²) >= 11 is 5.97. The van der Waals surface area contributed by atoms with E-state index in [2.05, 4.69) is 10.4 Å². The molecule has 0 aliphatic carbocycles. The van der Waals surface area contributed by atoms with Crippen LogP contribution in [0.3, 0.4) is 0 Å². The molecule has 1 atom stereocenters. The molecule has 1 aromatic heterocycles. The minimum Gasteiger partial charge on any atom is -0.480 e. The molecule has 0 spiro atoms. The van der Waals surface area contributed by atoms with Gasteiger partial charge in [-0.2, -0.15) is 5.10 Å². The Bertz CT molecular complexity index is 956. The number of anilines is 1. The Hall–Kier alpha value is -2.86. The van der Waals surface area contributed by atoms with Crippen LogP contribution in [0, 0.1) is 5.82 Å². The minimum absolute atomic E-state index is 0.237. The van der Waals surface area contributed by atoms with Crippen LogP contribution in [0.2, 0.25) is 5.02 Å². The summed E-state index contributed by atoms with van der Waals surface area (Å²) in [6, 6.07) is 11.5. The van der Waals surface area contributed by atoms with Crippen molar-refractivity contribution >= 4 is 23.2 Å². The third kappa shape index (κ3) is 3.55. The fourth-order valence-electron chi connectivity index (χ4n) is 2.88. The van der Waals surface area contributed by atoms with E-state index in [1.807, 2.05) is 6.07 Å². The van der Waals surface area contributed by atoms with Gasteiger partial charge < -0.3 is 10.1 Å². The van der Waals surface area contributed by atoms with Crippen molar-refractivity contribution in [3.63, 3.8) is 0 Å². The topological polar surface area (TPSA) is 56.2 Å². The van der Waals surface area contributed by atoms with E-state index in [4.69, 9.17) is 16.3 Å². The van der Waals surface area contributed by atoms with Crippen LogP contribution < -0.4 is 10.1 Å². The highest BCUT2D eigenvalue weighted by molar-refractivity contribution is 6.30. The van der Waals surface area contributed by atoms with Crippen molar-refractivity contribution in [3.8, 4) is 5.75 Å². The average molecular weight is 372 g/mol. The van der Waals surface area contributed by atoms with E-state index in [0.29, 0.717) is 29.4 Å². The molecule has 0 radical (unpaired) electrons. The highest BCUT2D eigenvalue weighted by atomic mass is 35.5. The number of carbonyl (C=O) groups excluding carboxylic acids is 1. The second kappa shape index (κ2) is 6.80. The molecule has 1 aliphatic rings. The number of amides is 1. The van der Waals surface area contributed by atoms with Crippen molar-refractivity contribution in [2.75, 3.05) is 5.32 Å². The smallest absolute Gasteiger partial charge is 0.265 e. The first-order valence-electron chi connectivity index (χ1n) is 8.10. The maximum Gasteiger partial charge on any atom is 0.265 e. The lowest BCUT2D eigenvalue weighted by atomic mass is 10.1. The van der Waals surface area contributed by atoms with Gasteiger partial charge in [-0.15, -0.1) is 0 Å². The summed E-state index contributed by atoms with van der Waals surface area (Å²) < 4.78 is 20.3. The normalized spacial score (nSPS) is 15.4. The van der Waals surface area contributed by atoms with Gasteiger partial charge in [0.25, 0.3) is 5.91 Å². The lowest BCUT2D eigenvalue weighted by molar-refractivity contribution is -0.122. The van der Waals surface area contributed by atoms with Crippen LogP contribution in [-0.2, 0) is 17.8 Å². The second-order valence-corrected chi connectivity index (χ2v) is 6.54. The number of aromatic nitrogens is 2. The lowest BCUT2D eigenvalue weighted by Crippen LogP contribution is -2.31. The van der Waals surface area contributed by atoms with Crippen LogP contribution in [0.25, 0.3) is 0 Å². The van der Waals surface area contributed by atoms with Gasteiger partial charge in [0.1, 0.15) is 11.6 Å². The Morgan fingerprint density at radius 3 is 2.92 bits per heavy atom. The molecule has 7 heteroatoms. The number of nitrogens with one attached hydrogen (secondary N) is 1. The molecule has 1 amide bonds. The molecule has 26 heavy (non-hydrogen) atoms. The van der Waals surface area contributed by atoms with Gasteiger partial charge in [-0.1, -0.05) is 23.7 Å². The molecular weight excluding hydrogens is 357 g/mol. The van der Waals surface area contributed by atoms with E-state index >= 15 is 0 Å². The zero-order chi connectivity index (χ0) is 18.1. The van der Waals surface area contributed by atoms with Crippen LogP contribution in [0.15, 0.2) is 54.9 Å². The maximum absolute atomic E-state index is 13.0. The molecule has 0 bridgehead atoms. The summed E-state index contributed by atoms with van der Waals surface area (Å²) in [6.07, 6.45) is 3.18. The van der Waals surface area contributed by atoms with Crippen molar-refractivity contribution in [1.82, 2.24) is 9.78 Å². The molecule has 0 unspecified atom stereocenters. The van der Waals surface area contributed by atoms with Gasteiger partial charge in [-0.25, -0.2) is 4.39 Å². The van der Waals surface area contributed by atoms with Gasteiger partial charge >= 0.3 is 0 Å². The van der Waals surface area contributed by atoms with Gasteiger partial charge in [0.15, 0.2) is 6.10 Å². The highest BCUT2D eigenvalue weighted by Gasteiger charge is 2.29. The zero-order valence-electron chi connectivity index (χ0n) is 13.7. The standard InChI is InChI=1S/C19H15ClFN3O2/c20-14-3-6-17-13(7-14)8-18(26-17)19(25)23-16-9-22-24(11-16)10-12-1-4-15(21)5-2-12/h1-7,9,11,18H,8,10H2,(H,23,25)/t18-/m1/s1. The molecule has 0 saturated carbocycles. The van der Waals surface area contributed by atoms with E-state index in [9.17, 15) is 9.18 Å². The van der Waals surface area contributed by atoms with Crippen LogP contribution in [0.5, 0.6) is 5.75 Å². The van der Waals surface area contributed by atoms with E-state index < -0.39 is 6.10 Å². The molecule has 5 nitrogen and oxygen atoms in total. The van der Waals surface area contributed by atoms with Gasteiger partial charge in [-0.05, 0) is 41.5 Å². The number of hydrogen-bond donors (Lipinski definition) is 1. The summed E-state index contributed by atoms with van der Waals surface area (Å²) in [7, 11) is 0. The first-order valence-corrected chi connectivity index (χ1v) is 8.47. The predicted molar refractivity (Wildman–Crippen MR) is 95.9 cm³/mol. The summed E-state index contributed by atoms with van der Waals surface area (Å²) in [5.74, 6) is 0.168. The lowest BCUT2D eigenvalue weighted by Gasteiger charge is -2.09. The molecule has 3 aromatic rings. The second-order valence-electron chi connectivity index (χ2n) is 6.10. The maximum atomic E-state index is 13.0. The Morgan fingerprint density at radius 1 is 1.31 bits per heavy atom. The Morgan fingerprint density at radius 2 is 2.12 bits per heavy atom.